The Kier molecular flexibility index (Phi) is 3.18. The number of Topliss-reactive ketones (excluding diaryl/α,β-unsaturated/α-hetero) is 2. The molecular formula is C20H18O2. The molecular weight excluding hydrogens is 272 g/mol. The molecule has 0 saturated carbocycles. The van der Waals surface area contributed by atoms with Gasteiger partial charge in [-0.15, -0.1) is 0 Å². The minimum absolute atomic E-state index is 0.0638. The summed E-state index contributed by atoms with van der Waals surface area (Å²) in [7, 11) is 0. The van der Waals surface area contributed by atoms with Crippen molar-refractivity contribution in [2.24, 2.45) is 11.8 Å². The lowest BCUT2D eigenvalue weighted by atomic mass is 9.91. The predicted molar refractivity (Wildman–Crippen MR) is 85.2 cm³/mol. The quantitative estimate of drug-likeness (QED) is 0.859. The van der Waals surface area contributed by atoms with Gasteiger partial charge in [-0.1, -0.05) is 48.5 Å². The van der Waals surface area contributed by atoms with Crippen LogP contribution < -0.4 is 0 Å². The molecule has 4 rings (SSSR count). The van der Waals surface area contributed by atoms with E-state index < -0.39 is 0 Å². The zero-order valence-corrected chi connectivity index (χ0v) is 12.4. The van der Waals surface area contributed by atoms with E-state index in [0.717, 1.165) is 36.8 Å². The van der Waals surface area contributed by atoms with Gasteiger partial charge in [0.2, 0.25) is 0 Å². The van der Waals surface area contributed by atoms with Crippen molar-refractivity contribution in [2.45, 2.75) is 25.7 Å². The molecule has 0 fully saturated rings. The molecule has 0 aromatic heterocycles. The third-order valence-electron chi connectivity index (χ3n) is 5.10. The van der Waals surface area contributed by atoms with Gasteiger partial charge in [-0.05, 0) is 36.8 Å². The van der Waals surface area contributed by atoms with Crippen LogP contribution in [0.3, 0.4) is 0 Å². The summed E-state index contributed by atoms with van der Waals surface area (Å²) in [6, 6.07) is 15.8. The van der Waals surface area contributed by atoms with E-state index in [4.69, 9.17) is 0 Å². The minimum Gasteiger partial charge on any atom is -0.294 e. The molecule has 0 heterocycles. The van der Waals surface area contributed by atoms with Crippen molar-refractivity contribution in [3.63, 3.8) is 0 Å². The maximum Gasteiger partial charge on any atom is 0.166 e. The minimum atomic E-state index is 0.0638. The number of rotatable bonds is 3. The van der Waals surface area contributed by atoms with Crippen LogP contribution in [0, 0.1) is 11.8 Å². The maximum absolute atomic E-state index is 12.4. The molecule has 2 atom stereocenters. The van der Waals surface area contributed by atoms with E-state index in [1.807, 2.05) is 48.5 Å². The highest BCUT2D eigenvalue weighted by Crippen LogP contribution is 2.34. The number of fused-ring (bicyclic) bond motifs is 2. The summed E-state index contributed by atoms with van der Waals surface area (Å²) in [5.41, 5.74) is 4.10. The van der Waals surface area contributed by atoms with Crippen LogP contribution >= 0.6 is 0 Å². The molecule has 110 valence electrons. The number of ketones is 2. The van der Waals surface area contributed by atoms with Crippen molar-refractivity contribution in [1.29, 1.82) is 0 Å². The van der Waals surface area contributed by atoms with Crippen molar-refractivity contribution in [3.8, 4) is 0 Å². The topological polar surface area (TPSA) is 34.1 Å². The second-order valence-electron chi connectivity index (χ2n) is 6.42. The molecule has 0 saturated heterocycles. The fourth-order valence-electron chi connectivity index (χ4n) is 3.90. The highest BCUT2D eigenvalue weighted by molar-refractivity contribution is 6.03. The molecule has 0 amide bonds. The number of carbonyl (C=O) groups excluding carboxylic acids is 2. The Hall–Kier alpha value is -2.22. The molecule has 2 aliphatic carbocycles. The fourth-order valence-corrected chi connectivity index (χ4v) is 3.90. The maximum atomic E-state index is 12.4. The predicted octanol–water partition coefficient (Wildman–Crippen LogP) is 3.88. The second kappa shape index (κ2) is 5.20. The van der Waals surface area contributed by atoms with E-state index in [-0.39, 0.29) is 23.4 Å². The van der Waals surface area contributed by atoms with Crippen LogP contribution in [0.25, 0.3) is 0 Å². The van der Waals surface area contributed by atoms with Crippen molar-refractivity contribution >= 4 is 11.6 Å². The Morgan fingerprint density at radius 1 is 0.682 bits per heavy atom. The van der Waals surface area contributed by atoms with Gasteiger partial charge in [0, 0.05) is 23.0 Å². The van der Waals surface area contributed by atoms with Crippen molar-refractivity contribution in [2.75, 3.05) is 0 Å². The Labute approximate surface area is 130 Å². The molecule has 0 aliphatic heterocycles. The lowest BCUT2D eigenvalue weighted by molar-refractivity contribution is 0.0888. The average molecular weight is 290 g/mol. The van der Waals surface area contributed by atoms with Crippen LogP contribution in [0.1, 0.15) is 44.7 Å². The molecule has 2 aliphatic rings. The third kappa shape index (κ3) is 2.10. The molecule has 2 aromatic rings. The summed E-state index contributed by atoms with van der Waals surface area (Å²) in [6.07, 6.45) is 3.31. The summed E-state index contributed by atoms with van der Waals surface area (Å²) in [4.78, 5) is 24.8. The van der Waals surface area contributed by atoms with E-state index >= 15 is 0 Å². The van der Waals surface area contributed by atoms with Gasteiger partial charge in [-0.3, -0.25) is 9.59 Å². The highest BCUT2D eigenvalue weighted by Gasteiger charge is 2.34. The smallest absolute Gasteiger partial charge is 0.166 e. The second-order valence-corrected chi connectivity index (χ2v) is 6.42. The Balaban J connectivity index is 1.43. The molecule has 2 nitrogen and oxygen atoms in total. The fraction of sp³-hybridized carbons (Fsp3) is 0.300. The lowest BCUT2D eigenvalue weighted by Gasteiger charge is -2.11. The number of hydrogen-bond donors (Lipinski definition) is 0. The summed E-state index contributed by atoms with van der Waals surface area (Å²) in [5.74, 6) is 0.653. The van der Waals surface area contributed by atoms with Crippen LogP contribution in [0.5, 0.6) is 0 Å². The van der Waals surface area contributed by atoms with Crippen molar-refractivity contribution in [3.05, 3.63) is 70.8 Å². The van der Waals surface area contributed by atoms with Gasteiger partial charge in [0.25, 0.3) is 0 Å². The van der Waals surface area contributed by atoms with Crippen LogP contribution in [0.2, 0.25) is 0 Å². The van der Waals surface area contributed by atoms with Gasteiger partial charge in [-0.2, -0.15) is 0 Å². The first-order valence-electron chi connectivity index (χ1n) is 7.98. The van der Waals surface area contributed by atoms with Gasteiger partial charge < -0.3 is 0 Å². The zero-order chi connectivity index (χ0) is 15.1. The van der Waals surface area contributed by atoms with Crippen LogP contribution in [-0.4, -0.2) is 11.6 Å². The monoisotopic (exact) mass is 290 g/mol. The third-order valence-corrected chi connectivity index (χ3v) is 5.10. The van der Waals surface area contributed by atoms with E-state index in [2.05, 4.69) is 0 Å². The average Bonchev–Trinajstić information content (AvgIpc) is 3.04. The van der Waals surface area contributed by atoms with Gasteiger partial charge in [-0.25, -0.2) is 0 Å². The van der Waals surface area contributed by atoms with Crippen LogP contribution in [0.4, 0.5) is 0 Å². The normalized spacial score (nSPS) is 22.7. The van der Waals surface area contributed by atoms with Crippen molar-refractivity contribution < 1.29 is 9.59 Å². The first-order chi connectivity index (χ1) is 10.7. The first kappa shape index (κ1) is 13.4. The van der Waals surface area contributed by atoms with Gasteiger partial charge >= 0.3 is 0 Å². The standard InChI is InChI=1S/C20H18O2/c21-19-15(11-13-5-1-3-7-17(13)19)9-10-16-12-14-6-2-4-8-18(14)20(16)22/h1-8,15-16H,9-12H2. The van der Waals surface area contributed by atoms with Crippen LogP contribution in [-0.2, 0) is 12.8 Å². The van der Waals surface area contributed by atoms with E-state index in [0.29, 0.717) is 0 Å². The number of hydrogen-bond acceptors (Lipinski definition) is 2. The SMILES string of the molecule is O=C1c2ccccc2CC1CCC1Cc2ccccc2C1=O. The lowest BCUT2D eigenvalue weighted by Crippen LogP contribution is -2.14. The number of benzene rings is 2. The summed E-state index contributed by atoms with van der Waals surface area (Å²) in [6.45, 7) is 0. The number of carbonyl (C=O) groups is 2. The zero-order valence-electron chi connectivity index (χ0n) is 12.4. The molecule has 2 heteroatoms. The highest BCUT2D eigenvalue weighted by atomic mass is 16.1. The first-order valence-corrected chi connectivity index (χ1v) is 7.98. The van der Waals surface area contributed by atoms with E-state index in [9.17, 15) is 9.59 Å². The molecule has 0 N–H and O–H groups in total. The van der Waals surface area contributed by atoms with E-state index in [1.54, 1.807) is 0 Å². The van der Waals surface area contributed by atoms with Gasteiger partial charge in [0.1, 0.15) is 0 Å². The Morgan fingerprint density at radius 2 is 1.09 bits per heavy atom. The molecule has 2 unspecified atom stereocenters. The van der Waals surface area contributed by atoms with Gasteiger partial charge in [0.15, 0.2) is 11.6 Å². The van der Waals surface area contributed by atoms with Crippen LogP contribution in [0.15, 0.2) is 48.5 Å². The Morgan fingerprint density at radius 3 is 1.50 bits per heavy atom. The molecule has 0 spiro atoms. The molecule has 0 bridgehead atoms. The molecule has 0 radical (unpaired) electrons. The summed E-state index contributed by atoms with van der Waals surface area (Å²) < 4.78 is 0. The summed E-state index contributed by atoms with van der Waals surface area (Å²) >= 11 is 0. The molecule has 2 aromatic carbocycles. The van der Waals surface area contributed by atoms with E-state index in [1.165, 1.54) is 11.1 Å². The Bertz CT molecular complexity index is 694. The largest absolute Gasteiger partial charge is 0.294 e. The van der Waals surface area contributed by atoms with Gasteiger partial charge in [0.05, 0.1) is 0 Å². The molecule has 22 heavy (non-hydrogen) atoms. The summed E-state index contributed by atoms with van der Waals surface area (Å²) in [5, 5.41) is 0. The van der Waals surface area contributed by atoms with Crippen molar-refractivity contribution in [1.82, 2.24) is 0 Å².